The first-order valence-corrected chi connectivity index (χ1v) is 8.75. The molecule has 0 atom stereocenters. The second-order valence-electron chi connectivity index (χ2n) is 5.26. The van der Waals surface area contributed by atoms with Gasteiger partial charge >= 0.3 is 0 Å². The molecule has 1 saturated heterocycles. The van der Waals surface area contributed by atoms with Crippen LogP contribution in [0.25, 0.3) is 10.9 Å². The number of halogens is 1. The zero-order valence-corrected chi connectivity index (χ0v) is 12.7. The van der Waals surface area contributed by atoms with E-state index in [-0.39, 0.29) is 0 Å². The first kappa shape index (κ1) is 13.9. The van der Waals surface area contributed by atoms with Gasteiger partial charge in [-0.15, -0.1) is 0 Å². The fourth-order valence-corrected chi connectivity index (χ4v) is 3.98. The van der Waals surface area contributed by atoms with Crippen LogP contribution in [0.3, 0.4) is 0 Å². The van der Waals surface area contributed by atoms with Crippen LogP contribution >= 0.6 is 11.6 Å². The maximum absolute atomic E-state index is 11.5. The first-order valence-electron chi connectivity index (χ1n) is 6.53. The van der Waals surface area contributed by atoms with Crippen molar-refractivity contribution < 1.29 is 8.42 Å². The Balaban J connectivity index is 1.89. The standard InChI is InChI=1S/C13H16ClN3O2S/c1-20(18,19)17-4-2-9(3-5-17)11-6-10(14)7-13-12(11)8-15-16-13/h6-9H,2-5H2,1H3,(H,15,16). The fraction of sp³-hybridized carbons (Fsp3) is 0.462. The summed E-state index contributed by atoms with van der Waals surface area (Å²) in [4.78, 5) is 0. The van der Waals surface area contributed by atoms with Gasteiger partial charge in [0.2, 0.25) is 10.0 Å². The van der Waals surface area contributed by atoms with Crippen LogP contribution in [0.4, 0.5) is 0 Å². The van der Waals surface area contributed by atoms with Gasteiger partial charge in [0.05, 0.1) is 18.0 Å². The van der Waals surface area contributed by atoms with Crippen molar-refractivity contribution in [3.8, 4) is 0 Å². The third-order valence-electron chi connectivity index (χ3n) is 3.92. The third-order valence-corrected chi connectivity index (χ3v) is 5.44. The minimum atomic E-state index is -3.08. The zero-order chi connectivity index (χ0) is 14.3. The largest absolute Gasteiger partial charge is 0.278 e. The number of aromatic amines is 1. The van der Waals surface area contributed by atoms with E-state index in [9.17, 15) is 8.42 Å². The summed E-state index contributed by atoms with van der Waals surface area (Å²) in [7, 11) is -3.08. The van der Waals surface area contributed by atoms with E-state index in [1.54, 1.807) is 4.31 Å². The minimum absolute atomic E-state index is 0.326. The molecule has 2 heterocycles. The second kappa shape index (κ2) is 5.02. The highest BCUT2D eigenvalue weighted by molar-refractivity contribution is 7.88. The maximum Gasteiger partial charge on any atom is 0.211 e. The summed E-state index contributed by atoms with van der Waals surface area (Å²) < 4.78 is 24.6. The molecule has 0 aliphatic carbocycles. The Morgan fingerprint density at radius 3 is 2.70 bits per heavy atom. The molecule has 1 fully saturated rings. The van der Waals surface area contributed by atoms with Crippen LogP contribution in [0, 0.1) is 0 Å². The molecule has 1 aromatic heterocycles. The molecule has 7 heteroatoms. The summed E-state index contributed by atoms with van der Waals surface area (Å²) >= 11 is 6.15. The smallest absolute Gasteiger partial charge is 0.211 e. The average molecular weight is 314 g/mol. The van der Waals surface area contributed by atoms with Crippen LogP contribution in [0.5, 0.6) is 0 Å². The molecule has 5 nitrogen and oxygen atoms in total. The van der Waals surface area contributed by atoms with E-state index in [1.807, 2.05) is 18.3 Å². The van der Waals surface area contributed by atoms with Crippen molar-refractivity contribution in [1.82, 2.24) is 14.5 Å². The molecule has 0 saturated carbocycles. The van der Waals surface area contributed by atoms with Gasteiger partial charge in [-0.25, -0.2) is 12.7 Å². The predicted molar refractivity (Wildman–Crippen MR) is 79.5 cm³/mol. The second-order valence-corrected chi connectivity index (χ2v) is 7.68. The Labute approximate surface area is 123 Å². The molecule has 20 heavy (non-hydrogen) atoms. The Kier molecular flexibility index (Phi) is 3.48. The van der Waals surface area contributed by atoms with Crippen molar-refractivity contribution in [2.24, 2.45) is 0 Å². The lowest BCUT2D eigenvalue weighted by Gasteiger charge is -2.30. The van der Waals surface area contributed by atoms with E-state index >= 15 is 0 Å². The summed E-state index contributed by atoms with van der Waals surface area (Å²) in [5.41, 5.74) is 2.09. The van der Waals surface area contributed by atoms with E-state index in [0.29, 0.717) is 24.0 Å². The Hall–Kier alpha value is -1.11. The molecule has 1 N–H and O–H groups in total. The highest BCUT2D eigenvalue weighted by Gasteiger charge is 2.27. The quantitative estimate of drug-likeness (QED) is 0.925. The number of benzene rings is 1. The third kappa shape index (κ3) is 2.55. The number of fused-ring (bicyclic) bond motifs is 1. The number of H-pyrrole nitrogens is 1. The van der Waals surface area contributed by atoms with Crippen molar-refractivity contribution in [3.63, 3.8) is 0 Å². The minimum Gasteiger partial charge on any atom is -0.278 e. The van der Waals surface area contributed by atoms with Crippen LogP contribution < -0.4 is 0 Å². The number of rotatable bonds is 2. The van der Waals surface area contributed by atoms with Crippen molar-refractivity contribution in [1.29, 1.82) is 0 Å². The Morgan fingerprint density at radius 2 is 2.05 bits per heavy atom. The molecule has 1 aliphatic heterocycles. The molecule has 0 bridgehead atoms. The lowest BCUT2D eigenvalue weighted by atomic mass is 9.88. The summed E-state index contributed by atoms with van der Waals surface area (Å²) in [5, 5.41) is 8.75. The number of nitrogens with zero attached hydrogens (tertiary/aromatic N) is 2. The molecule has 0 radical (unpaired) electrons. The average Bonchev–Trinajstić information content (AvgIpc) is 2.85. The molecule has 3 rings (SSSR count). The number of nitrogens with one attached hydrogen (secondary N) is 1. The lowest BCUT2D eigenvalue weighted by Crippen LogP contribution is -2.37. The van der Waals surface area contributed by atoms with Gasteiger partial charge in [0.15, 0.2) is 0 Å². The molecule has 1 aromatic carbocycles. The Morgan fingerprint density at radius 1 is 1.35 bits per heavy atom. The molecule has 2 aromatic rings. The number of hydrogen-bond donors (Lipinski definition) is 1. The summed E-state index contributed by atoms with van der Waals surface area (Å²) in [6.07, 6.45) is 4.70. The highest BCUT2D eigenvalue weighted by Crippen LogP contribution is 2.35. The lowest BCUT2D eigenvalue weighted by molar-refractivity contribution is 0.322. The molecule has 0 spiro atoms. The van der Waals surface area contributed by atoms with Crippen LogP contribution in [0.15, 0.2) is 18.3 Å². The topological polar surface area (TPSA) is 66.1 Å². The van der Waals surface area contributed by atoms with Crippen LogP contribution in [0.2, 0.25) is 5.02 Å². The molecule has 0 unspecified atom stereocenters. The monoisotopic (exact) mass is 313 g/mol. The molecule has 108 valence electrons. The van der Waals surface area contributed by atoms with Gasteiger partial charge in [-0.05, 0) is 36.5 Å². The number of sulfonamides is 1. The molecule has 0 amide bonds. The maximum atomic E-state index is 11.5. The van der Waals surface area contributed by atoms with Crippen molar-refractivity contribution >= 4 is 32.5 Å². The fourth-order valence-electron chi connectivity index (χ4n) is 2.88. The number of piperidine rings is 1. The molecule has 1 aliphatic rings. The SMILES string of the molecule is CS(=O)(=O)N1CCC(c2cc(Cl)cc3[nH]ncc23)CC1. The van der Waals surface area contributed by atoms with E-state index < -0.39 is 10.0 Å². The van der Waals surface area contributed by atoms with E-state index in [4.69, 9.17) is 11.6 Å². The highest BCUT2D eigenvalue weighted by atomic mass is 35.5. The zero-order valence-electron chi connectivity index (χ0n) is 11.1. The Bertz CT molecular complexity index is 733. The molecular weight excluding hydrogens is 298 g/mol. The van der Waals surface area contributed by atoms with Crippen molar-refractivity contribution in [2.45, 2.75) is 18.8 Å². The predicted octanol–water partition coefficient (Wildman–Crippen LogP) is 2.36. The summed E-state index contributed by atoms with van der Waals surface area (Å²) in [5.74, 6) is 0.326. The van der Waals surface area contributed by atoms with Crippen LogP contribution in [-0.2, 0) is 10.0 Å². The van der Waals surface area contributed by atoms with Gasteiger partial charge in [-0.3, -0.25) is 5.10 Å². The van der Waals surface area contributed by atoms with Gasteiger partial charge in [-0.2, -0.15) is 5.10 Å². The first-order chi connectivity index (χ1) is 9.45. The van der Waals surface area contributed by atoms with Crippen LogP contribution in [0.1, 0.15) is 24.3 Å². The van der Waals surface area contributed by atoms with E-state index in [1.165, 1.54) is 6.26 Å². The van der Waals surface area contributed by atoms with Crippen molar-refractivity contribution in [2.75, 3.05) is 19.3 Å². The van der Waals surface area contributed by atoms with Gasteiger partial charge in [-0.1, -0.05) is 11.6 Å². The van der Waals surface area contributed by atoms with Gasteiger partial charge in [0.25, 0.3) is 0 Å². The normalized spacial score (nSPS) is 18.7. The van der Waals surface area contributed by atoms with Crippen molar-refractivity contribution in [3.05, 3.63) is 28.9 Å². The number of hydrogen-bond acceptors (Lipinski definition) is 3. The van der Waals surface area contributed by atoms with Gasteiger partial charge < -0.3 is 0 Å². The summed E-state index contributed by atoms with van der Waals surface area (Å²) in [6.45, 7) is 1.13. The van der Waals surface area contributed by atoms with Crippen LogP contribution in [-0.4, -0.2) is 42.3 Å². The van der Waals surface area contributed by atoms with E-state index in [0.717, 1.165) is 29.3 Å². The summed E-state index contributed by atoms with van der Waals surface area (Å²) in [6, 6.07) is 3.83. The molecular formula is C13H16ClN3O2S. The van der Waals surface area contributed by atoms with Gasteiger partial charge in [0.1, 0.15) is 0 Å². The number of aromatic nitrogens is 2. The van der Waals surface area contributed by atoms with E-state index in [2.05, 4.69) is 10.2 Å². The van der Waals surface area contributed by atoms with Gasteiger partial charge in [0, 0.05) is 23.5 Å².